The summed E-state index contributed by atoms with van der Waals surface area (Å²) in [4.78, 5) is 14.4. The highest BCUT2D eigenvalue weighted by Crippen LogP contribution is 2.36. The van der Waals surface area contributed by atoms with E-state index in [1.807, 2.05) is 36.9 Å². The number of rotatable bonds is 7. The van der Waals surface area contributed by atoms with E-state index in [2.05, 4.69) is 37.4 Å². The van der Waals surface area contributed by atoms with Gasteiger partial charge in [-0.05, 0) is 75.7 Å². The van der Waals surface area contributed by atoms with Gasteiger partial charge in [-0.2, -0.15) is 0 Å². The Kier molecular flexibility index (Phi) is 7.01. The van der Waals surface area contributed by atoms with Crippen LogP contribution >= 0.6 is 12.2 Å². The number of ether oxygens (including phenoxy) is 2. The molecule has 6 heteroatoms. The largest absolute Gasteiger partial charge is 0.493 e. The third-order valence-electron chi connectivity index (χ3n) is 5.70. The normalized spacial score (nSPS) is 16.3. The molecule has 0 spiro atoms. The van der Waals surface area contributed by atoms with E-state index in [9.17, 15) is 4.79 Å². The maximum atomic E-state index is 12.5. The SMILES string of the molecule is CCN1C(=S)NC(c2ccc(OCc3cc(C)ccc3C)c(OC)c2)C(C(C)=O)=C1C. The number of benzene rings is 2. The second-order valence-corrected chi connectivity index (χ2v) is 8.20. The molecule has 0 radical (unpaired) electrons. The van der Waals surface area contributed by atoms with E-state index in [1.165, 1.54) is 11.1 Å². The second kappa shape index (κ2) is 9.52. The van der Waals surface area contributed by atoms with Gasteiger partial charge in [0.15, 0.2) is 22.4 Å². The molecule has 0 fully saturated rings. The van der Waals surface area contributed by atoms with Gasteiger partial charge in [-0.25, -0.2) is 0 Å². The fourth-order valence-corrected chi connectivity index (χ4v) is 4.35. The molecule has 1 heterocycles. The van der Waals surface area contributed by atoms with Crippen LogP contribution in [0.5, 0.6) is 11.5 Å². The van der Waals surface area contributed by atoms with Crippen molar-refractivity contribution in [2.24, 2.45) is 0 Å². The Labute approximate surface area is 190 Å². The van der Waals surface area contributed by atoms with Crippen LogP contribution in [-0.4, -0.2) is 29.5 Å². The van der Waals surface area contributed by atoms with Crippen molar-refractivity contribution >= 4 is 23.1 Å². The van der Waals surface area contributed by atoms with Crippen LogP contribution in [0, 0.1) is 13.8 Å². The van der Waals surface area contributed by atoms with E-state index in [-0.39, 0.29) is 11.8 Å². The Hall–Kier alpha value is -2.86. The number of Topliss-reactive ketones (excluding diaryl/α,β-unsaturated/α-hetero) is 1. The van der Waals surface area contributed by atoms with Gasteiger partial charge in [-0.3, -0.25) is 4.79 Å². The van der Waals surface area contributed by atoms with Crippen molar-refractivity contribution in [2.45, 2.75) is 47.3 Å². The number of hydrogen-bond acceptors (Lipinski definition) is 4. The van der Waals surface area contributed by atoms with E-state index in [1.54, 1.807) is 14.0 Å². The predicted molar refractivity (Wildman–Crippen MR) is 127 cm³/mol. The average Bonchev–Trinajstić information content (AvgIpc) is 2.73. The first-order chi connectivity index (χ1) is 14.8. The number of hydrogen-bond donors (Lipinski definition) is 1. The van der Waals surface area contributed by atoms with Crippen molar-refractivity contribution in [3.05, 3.63) is 69.9 Å². The number of allylic oxidation sites excluding steroid dienone is 1. The Morgan fingerprint density at radius 3 is 2.52 bits per heavy atom. The topological polar surface area (TPSA) is 50.8 Å². The van der Waals surface area contributed by atoms with Crippen LogP contribution < -0.4 is 14.8 Å². The van der Waals surface area contributed by atoms with Crippen molar-refractivity contribution in [3.8, 4) is 11.5 Å². The zero-order valence-corrected chi connectivity index (χ0v) is 19.9. The summed E-state index contributed by atoms with van der Waals surface area (Å²) in [6.45, 7) is 10.9. The lowest BCUT2D eigenvalue weighted by Gasteiger charge is -2.37. The molecule has 5 nitrogen and oxygen atoms in total. The summed E-state index contributed by atoms with van der Waals surface area (Å²) in [6.07, 6.45) is 0. The monoisotopic (exact) mass is 438 g/mol. The summed E-state index contributed by atoms with van der Waals surface area (Å²) >= 11 is 5.54. The standard InChI is InChI=1S/C25H30N2O3S/c1-7-27-17(4)23(18(5)28)24(26-25(27)31)19-10-11-21(22(13-19)29-6)30-14-20-12-15(2)8-9-16(20)3/h8-13,24H,7,14H2,1-6H3,(H,26,31). The molecule has 0 amide bonds. The van der Waals surface area contributed by atoms with Gasteiger partial charge in [-0.1, -0.05) is 29.8 Å². The molecule has 0 saturated carbocycles. The molecule has 3 rings (SSSR count). The molecule has 2 aromatic rings. The minimum atomic E-state index is -0.324. The minimum Gasteiger partial charge on any atom is -0.493 e. The Morgan fingerprint density at radius 1 is 1.13 bits per heavy atom. The lowest BCUT2D eigenvalue weighted by molar-refractivity contribution is -0.114. The Morgan fingerprint density at radius 2 is 1.87 bits per heavy atom. The van der Waals surface area contributed by atoms with Gasteiger partial charge in [0.25, 0.3) is 0 Å². The van der Waals surface area contributed by atoms with Gasteiger partial charge < -0.3 is 19.7 Å². The molecule has 1 N–H and O–H groups in total. The van der Waals surface area contributed by atoms with E-state index in [4.69, 9.17) is 21.7 Å². The lowest BCUT2D eigenvalue weighted by Crippen LogP contribution is -2.47. The third kappa shape index (κ3) is 4.74. The van der Waals surface area contributed by atoms with E-state index < -0.39 is 0 Å². The lowest BCUT2D eigenvalue weighted by atomic mass is 9.92. The van der Waals surface area contributed by atoms with Crippen LogP contribution in [0.4, 0.5) is 0 Å². The van der Waals surface area contributed by atoms with Crippen molar-refractivity contribution in [3.63, 3.8) is 0 Å². The van der Waals surface area contributed by atoms with Gasteiger partial charge in [0, 0.05) is 17.8 Å². The first-order valence-electron chi connectivity index (χ1n) is 10.4. The summed E-state index contributed by atoms with van der Waals surface area (Å²) in [5.74, 6) is 1.30. The van der Waals surface area contributed by atoms with Crippen LogP contribution in [0.1, 0.15) is 49.1 Å². The molecule has 31 heavy (non-hydrogen) atoms. The summed E-state index contributed by atoms with van der Waals surface area (Å²) in [5.41, 5.74) is 6.03. The van der Waals surface area contributed by atoms with Crippen molar-refractivity contribution in [2.75, 3.05) is 13.7 Å². The smallest absolute Gasteiger partial charge is 0.173 e. The number of thiocarbonyl (C=S) groups is 1. The van der Waals surface area contributed by atoms with Crippen LogP contribution in [0.3, 0.4) is 0 Å². The average molecular weight is 439 g/mol. The van der Waals surface area contributed by atoms with E-state index >= 15 is 0 Å². The number of aryl methyl sites for hydroxylation is 2. The molecular formula is C25H30N2O3S. The molecule has 1 unspecified atom stereocenters. The van der Waals surface area contributed by atoms with Crippen molar-refractivity contribution < 1.29 is 14.3 Å². The molecule has 1 aliphatic rings. The van der Waals surface area contributed by atoms with Crippen molar-refractivity contribution in [1.82, 2.24) is 10.2 Å². The second-order valence-electron chi connectivity index (χ2n) is 7.81. The molecule has 1 atom stereocenters. The van der Waals surface area contributed by atoms with Gasteiger partial charge in [0.1, 0.15) is 6.61 Å². The molecular weight excluding hydrogens is 408 g/mol. The first-order valence-corrected chi connectivity index (χ1v) is 10.8. The number of nitrogens with zero attached hydrogens (tertiary/aromatic N) is 1. The number of carbonyl (C=O) groups excluding carboxylic acids is 1. The van der Waals surface area contributed by atoms with Crippen molar-refractivity contribution in [1.29, 1.82) is 0 Å². The first kappa shape index (κ1) is 22.8. The summed E-state index contributed by atoms with van der Waals surface area (Å²) < 4.78 is 11.7. The van der Waals surface area contributed by atoms with Gasteiger partial charge in [0.05, 0.1) is 13.2 Å². The highest BCUT2D eigenvalue weighted by atomic mass is 32.1. The molecule has 0 aliphatic carbocycles. The molecule has 0 bridgehead atoms. The fourth-order valence-electron chi connectivity index (χ4n) is 3.96. The quantitative estimate of drug-likeness (QED) is 0.614. The highest BCUT2D eigenvalue weighted by Gasteiger charge is 2.32. The van der Waals surface area contributed by atoms with Crippen LogP contribution in [0.2, 0.25) is 0 Å². The summed E-state index contributed by atoms with van der Waals surface area (Å²) in [7, 11) is 1.62. The Bertz CT molecular complexity index is 1050. The van der Waals surface area contributed by atoms with Crippen LogP contribution in [0.15, 0.2) is 47.7 Å². The molecule has 164 valence electrons. The maximum absolute atomic E-state index is 12.5. The Balaban J connectivity index is 1.91. The van der Waals surface area contributed by atoms with Gasteiger partial charge >= 0.3 is 0 Å². The molecule has 0 saturated heterocycles. The fraction of sp³-hybridized carbons (Fsp3) is 0.360. The number of ketones is 1. The number of carbonyl (C=O) groups is 1. The van der Waals surface area contributed by atoms with Gasteiger partial charge in [0.2, 0.25) is 0 Å². The van der Waals surface area contributed by atoms with Crippen LogP contribution in [0.25, 0.3) is 0 Å². The van der Waals surface area contributed by atoms with Gasteiger partial charge in [-0.15, -0.1) is 0 Å². The highest BCUT2D eigenvalue weighted by molar-refractivity contribution is 7.80. The maximum Gasteiger partial charge on any atom is 0.173 e. The number of nitrogens with one attached hydrogen (secondary N) is 1. The molecule has 1 aliphatic heterocycles. The number of methoxy groups -OCH3 is 1. The zero-order valence-electron chi connectivity index (χ0n) is 19.0. The minimum absolute atomic E-state index is 0.0187. The zero-order chi connectivity index (χ0) is 22.7. The third-order valence-corrected chi connectivity index (χ3v) is 6.04. The van der Waals surface area contributed by atoms with Crippen LogP contribution in [-0.2, 0) is 11.4 Å². The molecule has 0 aromatic heterocycles. The van der Waals surface area contributed by atoms with E-state index in [0.29, 0.717) is 35.3 Å². The summed E-state index contributed by atoms with van der Waals surface area (Å²) in [5, 5.41) is 3.94. The molecule has 2 aromatic carbocycles. The summed E-state index contributed by atoms with van der Waals surface area (Å²) in [6, 6.07) is 11.8. The predicted octanol–water partition coefficient (Wildman–Crippen LogP) is 5.01. The van der Waals surface area contributed by atoms with E-state index in [0.717, 1.165) is 16.8 Å².